The van der Waals surface area contributed by atoms with Gasteiger partial charge in [-0.15, -0.1) is 0 Å². The molecule has 1 aromatic carbocycles. The minimum Gasteiger partial charge on any atom is -0.462 e. The van der Waals surface area contributed by atoms with E-state index in [0.29, 0.717) is 12.2 Å². The number of unbranched alkanes of at least 4 members (excludes halogenated alkanes) is 4. The Morgan fingerprint density at radius 3 is 2.40 bits per heavy atom. The molecule has 0 saturated heterocycles. The molecule has 0 spiro atoms. The molecule has 2 nitrogen and oxygen atoms in total. The summed E-state index contributed by atoms with van der Waals surface area (Å²) in [5.74, 6) is 6.03. The zero-order chi connectivity index (χ0) is 14.6. The first-order chi connectivity index (χ1) is 9.77. The second-order valence-corrected chi connectivity index (χ2v) is 4.83. The van der Waals surface area contributed by atoms with Crippen LogP contribution in [0.1, 0.15) is 68.3 Å². The maximum absolute atomic E-state index is 11.7. The molecule has 0 heterocycles. The quantitative estimate of drug-likeness (QED) is 0.413. The van der Waals surface area contributed by atoms with E-state index < -0.39 is 0 Å². The Balaban J connectivity index is 2.45. The molecule has 0 unspecified atom stereocenters. The largest absolute Gasteiger partial charge is 0.462 e. The van der Waals surface area contributed by atoms with Crippen molar-refractivity contribution < 1.29 is 9.53 Å². The average molecular weight is 272 g/mol. The SMILES string of the molecule is CCCCCC#Cc1ccc(C(=O)OCCCC)cc1. The molecule has 0 N–H and O–H groups in total. The Bertz CT molecular complexity index is 449. The summed E-state index contributed by atoms with van der Waals surface area (Å²) >= 11 is 0. The molecule has 20 heavy (non-hydrogen) atoms. The van der Waals surface area contributed by atoms with Gasteiger partial charge in [0.25, 0.3) is 0 Å². The third kappa shape index (κ3) is 6.43. The first-order valence-electron chi connectivity index (χ1n) is 7.54. The standard InChI is InChI=1S/C18H24O2/c1-3-5-7-8-9-10-16-11-13-17(14-12-16)18(19)20-15-6-4-2/h11-14H,3-8,15H2,1-2H3. The van der Waals surface area contributed by atoms with Gasteiger partial charge in [0, 0.05) is 12.0 Å². The number of rotatable bonds is 7. The van der Waals surface area contributed by atoms with E-state index in [2.05, 4.69) is 25.7 Å². The molecule has 2 heteroatoms. The minimum atomic E-state index is -0.249. The monoisotopic (exact) mass is 272 g/mol. The highest BCUT2D eigenvalue weighted by Crippen LogP contribution is 2.06. The van der Waals surface area contributed by atoms with E-state index in [1.807, 2.05) is 12.1 Å². The molecule has 0 aliphatic heterocycles. The summed E-state index contributed by atoms with van der Waals surface area (Å²) in [5.41, 5.74) is 1.55. The molecule has 0 fully saturated rings. The lowest BCUT2D eigenvalue weighted by Crippen LogP contribution is -2.06. The highest BCUT2D eigenvalue weighted by Gasteiger charge is 2.05. The molecule has 0 aliphatic rings. The summed E-state index contributed by atoms with van der Waals surface area (Å²) in [4.78, 5) is 11.7. The van der Waals surface area contributed by atoms with E-state index >= 15 is 0 Å². The Morgan fingerprint density at radius 1 is 1.05 bits per heavy atom. The molecule has 0 atom stereocenters. The zero-order valence-corrected chi connectivity index (χ0v) is 12.6. The van der Waals surface area contributed by atoms with Gasteiger partial charge in [-0.1, -0.05) is 45.0 Å². The van der Waals surface area contributed by atoms with Crippen LogP contribution in [-0.2, 0) is 4.74 Å². The van der Waals surface area contributed by atoms with Gasteiger partial charge in [-0.25, -0.2) is 4.79 Å². The fraction of sp³-hybridized carbons (Fsp3) is 0.500. The predicted octanol–water partition coefficient (Wildman–Crippen LogP) is 4.58. The summed E-state index contributed by atoms with van der Waals surface area (Å²) in [5, 5.41) is 0. The van der Waals surface area contributed by atoms with E-state index in [1.165, 1.54) is 12.8 Å². The van der Waals surface area contributed by atoms with Gasteiger partial charge in [0.15, 0.2) is 0 Å². The third-order valence-corrected chi connectivity index (χ3v) is 2.99. The van der Waals surface area contributed by atoms with Crippen molar-refractivity contribution in [2.75, 3.05) is 6.61 Å². The van der Waals surface area contributed by atoms with E-state index in [1.54, 1.807) is 12.1 Å². The van der Waals surface area contributed by atoms with Gasteiger partial charge in [-0.3, -0.25) is 0 Å². The Kier molecular flexibility index (Phi) is 8.22. The molecule has 0 aromatic heterocycles. The van der Waals surface area contributed by atoms with Crippen molar-refractivity contribution in [3.63, 3.8) is 0 Å². The molecule has 0 aliphatic carbocycles. The van der Waals surface area contributed by atoms with Crippen LogP contribution >= 0.6 is 0 Å². The molecule has 0 bridgehead atoms. The topological polar surface area (TPSA) is 26.3 Å². The summed E-state index contributed by atoms with van der Waals surface area (Å²) in [6.45, 7) is 4.75. The van der Waals surface area contributed by atoms with Gasteiger partial charge >= 0.3 is 5.97 Å². The summed E-state index contributed by atoms with van der Waals surface area (Å²) in [7, 11) is 0. The number of carbonyl (C=O) groups is 1. The van der Waals surface area contributed by atoms with E-state index in [-0.39, 0.29) is 5.97 Å². The zero-order valence-electron chi connectivity index (χ0n) is 12.6. The highest BCUT2D eigenvalue weighted by atomic mass is 16.5. The molecule has 1 rings (SSSR count). The number of hydrogen-bond acceptors (Lipinski definition) is 2. The van der Waals surface area contributed by atoms with Crippen LogP contribution in [0.25, 0.3) is 0 Å². The van der Waals surface area contributed by atoms with Crippen LogP contribution in [0.15, 0.2) is 24.3 Å². The lowest BCUT2D eigenvalue weighted by molar-refractivity contribution is 0.0500. The first kappa shape index (κ1) is 16.3. The van der Waals surface area contributed by atoms with Crippen LogP contribution in [-0.4, -0.2) is 12.6 Å². The van der Waals surface area contributed by atoms with E-state index in [9.17, 15) is 4.79 Å². The molecule has 0 radical (unpaired) electrons. The molecule has 0 amide bonds. The van der Waals surface area contributed by atoms with Crippen LogP contribution < -0.4 is 0 Å². The smallest absolute Gasteiger partial charge is 0.338 e. The van der Waals surface area contributed by atoms with Gasteiger partial charge < -0.3 is 4.74 Å². The van der Waals surface area contributed by atoms with Crippen LogP contribution in [0.5, 0.6) is 0 Å². The van der Waals surface area contributed by atoms with Crippen molar-refractivity contribution in [3.8, 4) is 11.8 Å². The fourth-order valence-corrected chi connectivity index (χ4v) is 1.71. The molecular weight excluding hydrogens is 248 g/mol. The summed E-state index contributed by atoms with van der Waals surface area (Å²) < 4.78 is 5.16. The van der Waals surface area contributed by atoms with Gasteiger partial charge in [0.05, 0.1) is 12.2 Å². The molecular formula is C18H24O2. The molecule has 1 aromatic rings. The third-order valence-electron chi connectivity index (χ3n) is 2.99. The van der Waals surface area contributed by atoms with Crippen LogP contribution in [0.4, 0.5) is 0 Å². The van der Waals surface area contributed by atoms with Crippen LogP contribution in [0.2, 0.25) is 0 Å². The second-order valence-electron chi connectivity index (χ2n) is 4.83. The van der Waals surface area contributed by atoms with Crippen molar-refractivity contribution in [1.29, 1.82) is 0 Å². The summed E-state index contributed by atoms with van der Waals surface area (Å²) in [6.07, 6.45) is 6.49. The lowest BCUT2D eigenvalue weighted by atomic mass is 10.1. The van der Waals surface area contributed by atoms with E-state index in [0.717, 1.165) is 31.2 Å². The van der Waals surface area contributed by atoms with Gasteiger partial charge in [-0.05, 0) is 37.1 Å². The maximum Gasteiger partial charge on any atom is 0.338 e. The number of carbonyl (C=O) groups excluding carboxylic acids is 1. The number of esters is 1. The van der Waals surface area contributed by atoms with Crippen molar-refractivity contribution in [2.45, 2.75) is 52.4 Å². The Labute approximate surface area is 122 Å². The second kappa shape index (κ2) is 10.1. The van der Waals surface area contributed by atoms with Gasteiger partial charge in [-0.2, -0.15) is 0 Å². The van der Waals surface area contributed by atoms with Gasteiger partial charge in [0.2, 0.25) is 0 Å². The van der Waals surface area contributed by atoms with Crippen molar-refractivity contribution in [2.24, 2.45) is 0 Å². The fourth-order valence-electron chi connectivity index (χ4n) is 1.71. The average Bonchev–Trinajstić information content (AvgIpc) is 2.48. The Morgan fingerprint density at radius 2 is 1.75 bits per heavy atom. The van der Waals surface area contributed by atoms with Crippen LogP contribution in [0, 0.1) is 11.8 Å². The van der Waals surface area contributed by atoms with Crippen LogP contribution in [0.3, 0.4) is 0 Å². The minimum absolute atomic E-state index is 0.249. The Hall–Kier alpha value is -1.75. The molecule has 0 saturated carbocycles. The maximum atomic E-state index is 11.7. The van der Waals surface area contributed by atoms with Crippen molar-refractivity contribution >= 4 is 5.97 Å². The van der Waals surface area contributed by atoms with Crippen molar-refractivity contribution in [1.82, 2.24) is 0 Å². The highest BCUT2D eigenvalue weighted by molar-refractivity contribution is 5.89. The predicted molar refractivity (Wildman–Crippen MR) is 82.7 cm³/mol. The van der Waals surface area contributed by atoms with Crippen molar-refractivity contribution in [3.05, 3.63) is 35.4 Å². The lowest BCUT2D eigenvalue weighted by Gasteiger charge is -2.03. The molecule has 108 valence electrons. The number of hydrogen-bond donors (Lipinski definition) is 0. The number of ether oxygens (including phenoxy) is 1. The summed E-state index contributed by atoms with van der Waals surface area (Å²) in [6, 6.07) is 7.32. The van der Waals surface area contributed by atoms with Gasteiger partial charge in [0.1, 0.15) is 0 Å². The van der Waals surface area contributed by atoms with E-state index in [4.69, 9.17) is 4.74 Å². The normalized spacial score (nSPS) is 9.70. The number of benzene rings is 1. The first-order valence-corrected chi connectivity index (χ1v) is 7.54.